The quantitative estimate of drug-likeness (QED) is 0.723. The highest BCUT2D eigenvalue weighted by Gasteiger charge is 2.19. The number of halogens is 1. The molecule has 0 bridgehead atoms. The number of aliphatic hydroxyl groups is 1. The molecular formula is C10H15IO. The summed E-state index contributed by atoms with van der Waals surface area (Å²) in [6.07, 6.45) is 2.93. The van der Waals surface area contributed by atoms with Crippen LogP contribution in [0.1, 0.15) is 27.2 Å². The molecule has 0 saturated carbocycles. The lowest BCUT2D eigenvalue weighted by Gasteiger charge is -2.21. The van der Waals surface area contributed by atoms with E-state index in [1.54, 1.807) is 0 Å². The smallest absolute Gasteiger partial charge is 0.0963 e. The van der Waals surface area contributed by atoms with Crippen molar-refractivity contribution in [1.29, 1.82) is 0 Å². The highest BCUT2D eigenvalue weighted by Crippen LogP contribution is 2.34. The van der Waals surface area contributed by atoms with Crippen LogP contribution in [0, 0.1) is 11.8 Å². The first-order chi connectivity index (χ1) is 5.52. The van der Waals surface area contributed by atoms with Crippen molar-refractivity contribution in [1.82, 2.24) is 0 Å². The predicted octanol–water partition coefficient (Wildman–Crippen LogP) is 3.81. The van der Waals surface area contributed by atoms with Crippen molar-refractivity contribution in [3.05, 3.63) is 21.0 Å². The van der Waals surface area contributed by atoms with Gasteiger partial charge in [0.2, 0.25) is 0 Å². The second kappa shape index (κ2) is 3.81. The standard InChI is InChI=1S/C10H15IO/c1-6(2)8-5-9(11)7(3)4-10(8)12/h5-7,12H,4H2,1-3H3. The molecule has 0 amide bonds. The van der Waals surface area contributed by atoms with Crippen molar-refractivity contribution >= 4 is 22.6 Å². The molecule has 0 aromatic heterocycles. The Morgan fingerprint density at radius 1 is 1.58 bits per heavy atom. The summed E-state index contributed by atoms with van der Waals surface area (Å²) in [6, 6.07) is 0. The normalized spacial score (nSPS) is 24.8. The SMILES string of the molecule is CC(C)C1=C(O)CC(C)C(I)=C1. The molecule has 1 nitrogen and oxygen atoms in total. The monoisotopic (exact) mass is 278 g/mol. The van der Waals surface area contributed by atoms with Gasteiger partial charge in [-0.2, -0.15) is 0 Å². The highest BCUT2D eigenvalue weighted by atomic mass is 127. The maximum absolute atomic E-state index is 9.66. The minimum absolute atomic E-state index is 0.433. The van der Waals surface area contributed by atoms with Gasteiger partial charge in [0.1, 0.15) is 0 Å². The third kappa shape index (κ3) is 2.03. The zero-order valence-corrected chi connectivity index (χ0v) is 9.92. The Hall–Kier alpha value is 0.01000. The number of allylic oxidation sites excluding steroid dienone is 4. The first-order valence-corrected chi connectivity index (χ1v) is 5.39. The van der Waals surface area contributed by atoms with E-state index in [-0.39, 0.29) is 0 Å². The molecule has 0 heterocycles. The van der Waals surface area contributed by atoms with Gasteiger partial charge in [-0.05, 0) is 49.7 Å². The molecule has 0 spiro atoms. The molecule has 0 fully saturated rings. The summed E-state index contributed by atoms with van der Waals surface area (Å²) >= 11 is 2.36. The van der Waals surface area contributed by atoms with Gasteiger partial charge in [-0.15, -0.1) is 0 Å². The molecule has 2 heteroatoms. The topological polar surface area (TPSA) is 20.2 Å². The van der Waals surface area contributed by atoms with E-state index < -0.39 is 0 Å². The van der Waals surface area contributed by atoms with Gasteiger partial charge in [0, 0.05) is 6.42 Å². The summed E-state index contributed by atoms with van der Waals surface area (Å²) in [5.41, 5.74) is 1.11. The Bertz CT molecular complexity index is 238. The fourth-order valence-corrected chi connectivity index (χ4v) is 1.94. The van der Waals surface area contributed by atoms with Crippen molar-refractivity contribution in [3.63, 3.8) is 0 Å². The third-order valence-electron chi connectivity index (χ3n) is 2.22. The van der Waals surface area contributed by atoms with E-state index in [4.69, 9.17) is 0 Å². The summed E-state index contributed by atoms with van der Waals surface area (Å²) in [4.78, 5) is 0. The van der Waals surface area contributed by atoms with E-state index in [1.807, 2.05) is 0 Å². The van der Waals surface area contributed by atoms with Crippen LogP contribution in [-0.4, -0.2) is 5.11 Å². The molecule has 1 aliphatic carbocycles. The lowest BCUT2D eigenvalue weighted by atomic mass is 9.91. The average Bonchev–Trinajstić information content (AvgIpc) is 1.96. The van der Waals surface area contributed by atoms with Gasteiger partial charge >= 0.3 is 0 Å². The van der Waals surface area contributed by atoms with Crippen molar-refractivity contribution in [2.24, 2.45) is 11.8 Å². The van der Waals surface area contributed by atoms with Gasteiger partial charge in [-0.25, -0.2) is 0 Å². The largest absolute Gasteiger partial charge is 0.512 e. The zero-order valence-electron chi connectivity index (χ0n) is 7.76. The van der Waals surface area contributed by atoms with Crippen LogP contribution in [0.4, 0.5) is 0 Å². The minimum Gasteiger partial charge on any atom is -0.512 e. The van der Waals surface area contributed by atoms with E-state index in [1.165, 1.54) is 3.58 Å². The van der Waals surface area contributed by atoms with Crippen LogP contribution in [0.15, 0.2) is 21.0 Å². The Morgan fingerprint density at radius 2 is 2.17 bits per heavy atom. The van der Waals surface area contributed by atoms with Crippen LogP contribution in [0.2, 0.25) is 0 Å². The summed E-state index contributed by atoms with van der Waals surface area (Å²) in [5, 5.41) is 9.66. The fraction of sp³-hybridized carbons (Fsp3) is 0.600. The van der Waals surface area contributed by atoms with E-state index in [2.05, 4.69) is 49.4 Å². The molecule has 1 N–H and O–H groups in total. The molecule has 0 radical (unpaired) electrons. The van der Waals surface area contributed by atoms with Crippen LogP contribution < -0.4 is 0 Å². The average molecular weight is 278 g/mol. The Balaban J connectivity index is 2.94. The summed E-state index contributed by atoms with van der Waals surface area (Å²) in [7, 11) is 0. The van der Waals surface area contributed by atoms with Crippen LogP contribution in [0.5, 0.6) is 0 Å². The van der Waals surface area contributed by atoms with Crippen LogP contribution >= 0.6 is 22.6 Å². The zero-order chi connectivity index (χ0) is 9.30. The van der Waals surface area contributed by atoms with E-state index >= 15 is 0 Å². The molecule has 1 unspecified atom stereocenters. The Morgan fingerprint density at radius 3 is 2.67 bits per heavy atom. The molecular weight excluding hydrogens is 263 g/mol. The molecule has 0 aromatic rings. The number of rotatable bonds is 1. The fourth-order valence-electron chi connectivity index (χ4n) is 1.38. The molecule has 1 rings (SSSR count). The maximum Gasteiger partial charge on any atom is 0.0963 e. The van der Waals surface area contributed by atoms with Crippen LogP contribution in [-0.2, 0) is 0 Å². The lowest BCUT2D eigenvalue weighted by molar-refractivity contribution is 0.356. The van der Waals surface area contributed by atoms with Crippen molar-refractivity contribution in [2.75, 3.05) is 0 Å². The van der Waals surface area contributed by atoms with Crippen molar-refractivity contribution in [2.45, 2.75) is 27.2 Å². The van der Waals surface area contributed by atoms with Crippen molar-refractivity contribution < 1.29 is 5.11 Å². The molecule has 0 aromatic carbocycles. The molecule has 0 aliphatic heterocycles. The highest BCUT2D eigenvalue weighted by molar-refractivity contribution is 14.1. The van der Waals surface area contributed by atoms with Crippen LogP contribution in [0.25, 0.3) is 0 Å². The third-order valence-corrected chi connectivity index (χ3v) is 3.59. The first kappa shape index (κ1) is 10.1. The minimum atomic E-state index is 0.433. The second-order valence-electron chi connectivity index (χ2n) is 3.69. The number of hydrogen-bond acceptors (Lipinski definition) is 1. The number of aliphatic hydroxyl groups excluding tert-OH is 1. The van der Waals surface area contributed by atoms with Crippen LogP contribution in [0.3, 0.4) is 0 Å². The molecule has 1 aliphatic rings. The van der Waals surface area contributed by atoms with Gasteiger partial charge in [0.05, 0.1) is 5.76 Å². The molecule has 68 valence electrons. The summed E-state index contributed by atoms with van der Waals surface area (Å²) in [5.74, 6) is 1.51. The van der Waals surface area contributed by atoms with E-state index in [0.717, 1.165) is 12.0 Å². The Labute approximate surface area is 87.7 Å². The van der Waals surface area contributed by atoms with E-state index in [0.29, 0.717) is 17.6 Å². The molecule has 0 saturated heterocycles. The second-order valence-corrected chi connectivity index (χ2v) is 4.94. The number of hydrogen-bond donors (Lipinski definition) is 1. The van der Waals surface area contributed by atoms with Gasteiger partial charge in [0.25, 0.3) is 0 Å². The molecule has 1 atom stereocenters. The molecule has 12 heavy (non-hydrogen) atoms. The lowest BCUT2D eigenvalue weighted by Crippen LogP contribution is -2.08. The summed E-state index contributed by atoms with van der Waals surface area (Å²) < 4.78 is 1.36. The van der Waals surface area contributed by atoms with Gasteiger partial charge in [0.15, 0.2) is 0 Å². The Kier molecular flexibility index (Phi) is 3.21. The van der Waals surface area contributed by atoms with Gasteiger partial charge in [-0.1, -0.05) is 20.8 Å². The predicted molar refractivity (Wildman–Crippen MR) is 60.4 cm³/mol. The maximum atomic E-state index is 9.66. The van der Waals surface area contributed by atoms with Gasteiger partial charge < -0.3 is 5.11 Å². The van der Waals surface area contributed by atoms with Crippen molar-refractivity contribution in [3.8, 4) is 0 Å². The first-order valence-electron chi connectivity index (χ1n) is 4.31. The van der Waals surface area contributed by atoms with E-state index in [9.17, 15) is 5.11 Å². The van der Waals surface area contributed by atoms with Gasteiger partial charge in [-0.3, -0.25) is 0 Å². The summed E-state index contributed by atoms with van der Waals surface area (Å²) in [6.45, 7) is 6.37.